The summed E-state index contributed by atoms with van der Waals surface area (Å²) in [6.07, 6.45) is -0.368. The Balaban J connectivity index is 1.44. The van der Waals surface area contributed by atoms with Crippen LogP contribution in [0.15, 0.2) is 36.4 Å². The van der Waals surface area contributed by atoms with Crippen LogP contribution >= 0.6 is 0 Å². The molecule has 2 aromatic rings. The molecule has 3 rings (SSSR count). The normalized spacial score (nSPS) is 12.2. The van der Waals surface area contributed by atoms with Gasteiger partial charge in [-0.05, 0) is 30.3 Å². The van der Waals surface area contributed by atoms with Crippen LogP contribution in [0.4, 0.5) is 14.5 Å². The lowest BCUT2D eigenvalue weighted by Gasteiger charge is -2.18. The van der Waals surface area contributed by atoms with Gasteiger partial charge in [-0.25, -0.2) is 8.78 Å². The van der Waals surface area contributed by atoms with Gasteiger partial charge in [-0.2, -0.15) is 0 Å². The highest BCUT2D eigenvalue weighted by Gasteiger charge is 2.17. The van der Waals surface area contributed by atoms with Crippen molar-refractivity contribution in [1.82, 2.24) is 0 Å². The van der Waals surface area contributed by atoms with Crippen LogP contribution in [-0.2, 0) is 14.3 Å². The van der Waals surface area contributed by atoms with Crippen molar-refractivity contribution in [2.24, 2.45) is 0 Å². The molecule has 2 aromatic carbocycles. The Morgan fingerprint density at radius 2 is 1.72 bits per heavy atom. The zero-order valence-electron chi connectivity index (χ0n) is 15.2. The van der Waals surface area contributed by atoms with Crippen molar-refractivity contribution in [2.45, 2.75) is 12.8 Å². The van der Waals surface area contributed by atoms with E-state index in [-0.39, 0.29) is 24.3 Å². The van der Waals surface area contributed by atoms with Crippen molar-refractivity contribution < 1.29 is 37.4 Å². The van der Waals surface area contributed by atoms with Gasteiger partial charge in [0.15, 0.2) is 23.9 Å². The maximum atomic E-state index is 13.5. The maximum absolute atomic E-state index is 13.5. The molecule has 1 aliphatic heterocycles. The second kappa shape index (κ2) is 9.13. The van der Waals surface area contributed by atoms with E-state index in [1.54, 1.807) is 18.2 Å². The molecule has 1 amide bonds. The third-order valence-electron chi connectivity index (χ3n) is 3.99. The summed E-state index contributed by atoms with van der Waals surface area (Å²) in [7, 11) is 0. The number of fused-ring (bicyclic) bond motifs is 1. The molecule has 0 radical (unpaired) electrons. The first kappa shape index (κ1) is 20.2. The van der Waals surface area contributed by atoms with Crippen LogP contribution in [0.25, 0.3) is 0 Å². The predicted molar refractivity (Wildman–Crippen MR) is 96.9 cm³/mol. The summed E-state index contributed by atoms with van der Waals surface area (Å²) in [5.74, 6) is -2.44. The van der Waals surface area contributed by atoms with Gasteiger partial charge in [-0.15, -0.1) is 0 Å². The monoisotopic (exact) mass is 405 g/mol. The number of hydrogen-bond acceptors (Lipinski definition) is 6. The zero-order chi connectivity index (χ0) is 20.8. The smallest absolute Gasteiger partial charge is 0.306 e. The number of halogens is 2. The molecule has 0 unspecified atom stereocenters. The predicted octanol–water partition coefficient (Wildman–Crippen LogP) is 2.88. The molecule has 0 aliphatic carbocycles. The minimum absolute atomic E-state index is 0.126. The Morgan fingerprint density at radius 1 is 0.966 bits per heavy atom. The Morgan fingerprint density at radius 3 is 2.52 bits per heavy atom. The molecule has 0 bridgehead atoms. The lowest BCUT2D eigenvalue weighted by molar-refractivity contribution is -0.147. The van der Waals surface area contributed by atoms with E-state index in [2.05, 4.69) is 5.32 Å². The van der Waals surface area contributed by atoms with Crippen LogP contribution in [0.3, 0.4) is 0 Å². The van der Waals surface area contributed by atoms with Gasteiger partial charge in [0.2, 0.25) is 0 Å². The van der Waals surface area contributed by atoms with Crippen molar-refractivity contribution in [2.75, 3.05) is 25.1 Å². The lowest BCUT2D eigenvalue weighted by Crippen LogP contribution is -2.21. The molecule has 1 aliphatic rings. The van der Waals surface area contributed by atoms with Crippen molar-refractivity contribution in [3.8, 4) is 11.5 Å². The quantitative estimate of drug-likeness (QED) is 0.563. The van der Waals surface area contributed by atoms with Gasteiger partial charge in [-0.1, -0.05) is 0 Å². The average Bonchev–Trinajstić information content (AvgIpc) is 2.72. The molecule has 1 N–H and O–H groups in total. The SMILES string of the molecule is O=C(COC(=O)CCC(=O)c1ccc2c(c1)OCCO2)Nc1cc(F)ccc1F. The molecule has 0 spiro atoms. The molecular weight excluding hydrogens is 388 g/mol. The fraction of sp³-hybridized carbons (Fsp3) is 0.250. The Bertz CT molecular complexity index is 947. The molecule has 7 nitrogen and oxygen atoms in total. The van der Waals surface area contributed by atoms with Gasteiger partial charge in [0, 0.05) is 18.1 Å². The van der Waals surface area contributed by atoms with Gasteiger partial charge >= 0.3 is 5.97 Å². The number of carbonyl (C=O) groups is 3. The molecule has 29 heavy (non-hydrogen) atoms. The first-order valence-electron chi connectivity index (χ1n) is 8.76. The number of ketones is 1. The zero-order valence-corrected chi connectivity index (χ0v) is 15.2. The summed E-state index contributed by atoms with van der Waals surface area (Å²) in [5, 5.41) is 2.10. The molecule has 0 saturated carbocycles. The first-order chi connectivity index (χ1) is 13.9. The molecule has 0 fully saturated rings. The molecule has 9 heteroatoms. The van der Waals surface area contributed by atoms with E-state index in [1.165, 1.54) is 0 Å². The molecule has 0 aromatic heterocycles. The summed E-state index contributed by atoms with van der Waals surface area (Å²) in [4.78, 5) is 35.7. The van der Waals surface area contributed by atoms with Crippen LogP contribution in [0.2, 0.25) is 0 Å². The second-order valence-corrected chi connectivity index (χ2v) is 6.11. The van der Waals surface area contributed by atoms with Crippen LogP contribution in [-0.4, -0.2) is 37.5 Å². The largest absolute Gasteiger partial charge is 0.486 e. The van der Waals surface area contributed by atoms with E-state index in [0.717, 1.165) is 18.2 Å². The minimum atomic E-state index is -0.832. The van der Waals surface area contributed by atoms with Gasteiger partial charge in [-0.3, -0.25) is 14.4 Å². The Hall–Kier alpha value is -3.49. The third kappa shape index (κ3) is 5.50. The number of carbonyl (C=O) groups excluding carboxylic acids is 3. The van der Waals surface area contributed by atoms with Gasteiger partial charge in [0.1, 0.15) is 24.8 Å². The fourth-order valence-electron chi connectivity index (χ4n) is 2.57. The van der Waals surface area contributed by atoms with Crippen molar-refractivity contribution in [3.05, 3.63) is 53.6 Å². The number of Topliss-reactive ketones (excluding diaryl/α,β-unsaturated/α-hetero) is 1. The summed E-state index contributed by atoms with van der Waals surface area (Å²) in [5.41, 5.74) is 0.00112. The van der Waals surface area contributed by atoms with Gasteiger partial charge in [0.05, 0.1) is 12.1 Å². The second-order valence-electron chi connectivity index (χ2n) is 6.11. The molecule has 0 saturated heterocycles. The Kier molecular flexibility index (Phi) is 6.38. The van der Waals surface area contributed by atoms with Gasteiger partial charge in [0.25, 0.3) is 5.91 Å². The van der Waals surface area contributed by atoms with Crippen molar-refractivity contribution in [1.29, 1.82) is 0 Å². The van der Waals surface area contributed by atoms with E-state index in [0.29, 0.717) is 30.3 Å². The number of ether oxygens (including phenoxy) is 3. The number of esters is 1. The van der Waals surface area contributed by atoms with E-state index < -0.39 is 30.1 Å². The van der Waals surface area contributed by atoms with Crippen LogP contribution in [0.1, 0.15) is 23.2 Å². The van der Waals surface area contributed by atoms with E-state index in [1.807, 2.05) is 0 Å². The van der Waals surface area contributed by atoms with Crippen molar-refractivity contribution in [3.63, 3.8) is 0 Å². The Labute approximate surface area is 164 Å². The highest BCUT2D eigenvalue weighted by molar-refractivity contribution is 5.98. The highest BCUT2D eigenvalue weighted by atomic mass is 19.1. The van der Waals surface area contributed by atoms with Crippen LogP contribution < -0.4 is 14.8 Å². The number of amides is 1. The summed E-state index contributed by atoms with van der Waals surface area (Å²) in [6, 6.07) is 7.31. The highest BCUT2D eigenvalue weighted by Crippen LogP contribution is 2.31. The topological polar surface area (TPSA) is 90.9 Å². The number of nitrogens with one attached hydrogen (secondary N) is 1. The van der Waals surface area contributed by atoms with Crippen LogP contribution in [0, 0.1) is 11.6 Å². The fourth-order valence-corrected chi connectivity index (χ4v) is 2.57. The standard InChI is InChI=1S/C20H17F2NO6/c21-13-2-3-14(22)15(10-13)23-19(25)11-29-20(26)6-4-16(24)12-1-5-17-18(9-12)28-8-7-27-17/h1-3,5,9-10H,4,6-8,11H2,(H,23,25). The molecule has 152 valence electrons. The van der Waals surface area contributed by atoms with E-state index >= 15 is 0 Å². The molecular formula is C20H17F2NO6. The summed E-state index contributed by atoms with van der Waals surface area (Å²) in [6.45, 7) is 0.136. The number of benzene rings is 2. The lowest BCUT2D eigenvalue weighted by atomic mass is 10.1. The van der Waals surface area contributed by atoms with Gasteiger partial charge < -0.3 is 19.5 Å². The molecule has 1 heterocycles. The first-order valence-corrected chi connectivity index (χ1v) is 8.76. The average molecular weight is 405 g/mol. The summed E-state index contributed by atoms with van der Waals surface area (Å²) >= 11 is 0. The molecule has 0 atom stereocenters. The summed E-state index contributed by atoms with van der Waals surface area (Å²) < 4.78 is 42.1. The number of rotatable bonds is 7. The number of anilines is 1. The van der Waals surface area contributed by atoms with Crippen molar-refractivity contribution >= 4 is 23.3 Å². The third-order valence-corrected chi connectivity index (χ3v) is 3.99. The van der Waals surface area contributed by atoms with E-state index in [9.17, 15) is 23.2 Å². The number of hydrogen-bond donors (Lipinski definition) is 1. The van der Waals surface area contributed by atoms with E-state index in [4.69, 9.17) is 14.2 Å². The maximum Gasteiger partial charge on any atom is 0.306 e. The minimum Gasteiger partial charge on any atom is -0.486 e. The van der Waals surface area contributed by atoms with Crippen LogP contribution in [0.5, 0.6) is 11.5 Å².